The van der Waals surface area contributed by atoms with Crippen LogP contribution in [0.2, 0.25) is 0 Å². The van der Waals surface area contributed by atoms with E-state index >= 15 is 0 Å². The van der Waals surface area contributed by atoms with Gasteiger partial charge in [-0.15, -0.1) is 0 Å². The minimum absolute atomic E-state index is 0.277. The van der Waals surface area contributed by atoms with E-state index in [0.29, 0.717) is 12.8 Å². The zero-order chi connectivity index (χ0) is 14.1. The molecular weight excluding hydrogens is 256 g/mol. The monoisotopic (exact) mass is 276 g/mol. The number of likely N-dealkylation sites (N-methyl/N-ethyl adjacent to an activating group) is 1. The molecule has 6 heteroatoms. The number of anilines is 1. The molecule has 20 heavy (non-hydrogen) atoms. The van der Waals surface area contributed by atoms with Gasteiger partial charge in [-0.25, -0.2) is 9.97 Å². The SMILES string of the molecule is CN1CCN(c2ncc3c(n2)CCC(C(=O)O)C3)CC1. The largest absolute Gasteiger partial charge is 0.481 e. The summed E-state index contributed by atoms with van der Waals surface area (Å²) >= 11 is 0. The van der Waals surface area contributed by atoms with E-state index in [1.807, 2.05) is 6.20 Å². The molecule has 0 radical (unpaired) electrons. The molecule has 0 bridgehead atoms. The summed E-state index contributed by atoms with van der Waals surface area (Å²) in [6.45, 7) is 3.96. The topological polar surface area (TPSA) is 69.6 Å². The van der Waals surface area contributed by atoms with Crippen LogP contribution in [-0.2, 0) is 17.6 Å². The van der Waals surface area contributed by atoms with Crippen LogP contribution >= 0.6 is 0 Å². The highest BCUT2D eigenvalue weighted by Gasteiger charge is 2.26. The van der Waals surface area contributed by atoms with Crippen molar-refractivity contribution in [2.75, 3.05) is 38.1 Å². The van der Waals surface area contributed by atoms with Gasteiger partial charge in [0.05, 0.1) is 5.92 Å². The molecule has 2 aliphatic rings. The number of fused-ring (bicyclic) bond motifs is 1. The summed E-state index contributed by atoms with van der Waals surface area (Å²) in [6.07, 6.45) is 3.82. The number of nitrogens with zero attached hydrogens (tertiary/aromatic N) is 4. The first-order valence-electron chi connectivity index (χ1n) is 7.14. The molecule has 0 amide bonds. The number of rotatable bonds is 2. The highest BCUT2D eigenvalue weighted by Crippen LogP contribution is 2.25. The third kappa shape index (κ3) is 2.60. The highest BCUT2D eigenvalue weighted by molar-refractivity contribution is 5.70. The maximum absolute atomic E-state index is 11.1. The summed E-state index contributed by atoms with van der Waals surface area (Å²) < 4.78 is 0. The van der Waals surface area contributed by atoms with Crippen molar-refractivity contribution in [3.05, 3.63) is 17.5 Å². The first-order valence-corrected chi connectivity index (χ1v) is 7.14. The summed E-state index contributed by atoms with van der Waals surface area (Å²) in [5.41, 5.74) is 2.04. The van der Waals surface area contributed by atoms with Gasteiger partial charge in [0.15, 0.2) is 0 Å². The van der Waals surface area contributed by atoms with E-state index in [1.54, 1.807) is 0 Å². The van der Waals surface area contributed by atoms with Gasteiger partial charge in [0.25, 0.3) is 0 Å². The molecule has 108 valence electrons. The predicted octanol–water partition coefficient (Wildman–Crippen LogP) is 0.418. The van der Waals surface area contributed by atoms with Crippen LogP contribution in [0.1, 0.15) is 17.7 Å². The Kier molecular flexibility index (Phi) is 3.56. The van der Waals surface area contributed by atoms with E-state index in [-0.39, 0.29) is 5.92 Å². The number of carboxylic acid groups (broad SMARTS) is 1. The van der Waals surface area contributed by atoms with E-state index in [2.05, 4.69) is 26.8 Å². The van der Waals surface area contributed by atoms with Crippen molar-refractivity contribution in [3.8, 4) is 0 Å². The molecule has 1 atom stereocenters. The van der Waals surface area contributed by atoms with Gasteiger partial charge >= 0.3 is 5.97 Å². The summed E-state index contributed by atoms with van der Waals surface area (Å²) in [5, 5.41) is 9.09. The van der Waals surface area contributed by atoms with Crippen LogP contribution in [0, 0.1) is 5.92 Å². The molecule has 1 aliphatic carbocycles. The molecule has 1 aromatic rings. The maximum Gasteiger partial charge on any atom is 0.306 e. The van der Waals surface area contributed by atoms with Gasteiger partial charge in [0.1, 0.15) is 0 Å². The number of aryl methyl sites for hydroxylation is 1. The summed E-state index contributed by atoms with van der Waals surface area (Å²) in [4.78, 5) is 24.7. The smallest absolute Gasteiger partial charge is 0.306 e. The van der Waals surface area contributed by atoms with Crippen LogP contribution in [0.3, 0.4) is 0 Å². The highest BCUT2D eigenvalue weighted by atomic mass is 16.4. The summed E-state index contributed by atoms with van der Waals surface area (Å²) in [5.74, 6) is -0.190. The molecule has 2 heterocycles. The number of aliphatic carboxylic acids is 1. The third-order valence-electron chi connectivity index (χ3n) is 4.27. The molecular formula is C14H20N4O2. The van der Waals surface area contributed by atoms with Gasteiger partial charge in [-0.3, -0.25) is 4.79 Å². The average Bonchev–Trinajstić information content (AvgIpc) is 2.47. The zero-order valence-corrected chi connectivity index (χ0v) is 11.7. The van der Waals surface area contributed by atoms with Crippen LogP contribution in [0.5, 0.6) is 0 Å². The minimum Gasteiger partial charge on any atom is -0.481 e. The Balaban J connectivity index is 1.75. The fraction of sp³-hybridized carbons (Fsp3) is 0.643. The van der Waals surface area contributed by atoms with E-state index in [4.69, 9.17) is 5.11 Å². The Morgan fingerprint density at radius 1 is 1.35 bits per heavy atom. The lowest BCUT2D eigenvalue weighted by Gasteiger charge is -2.33. The molecule has 1 unspecified atom stereocenters. The van der Waals surface area contributed by atoms with Gasteiger partial charge in [0.2, 0.25) is 5.95 Å². The summed E-state index contributed by atoms with van der Waals surface area (Å²) in [7, 11) is 2.12. The van der Waals surface area contributed by atoms with Gasteiger partial charge in [0, 0.05) is 38.1 Å². The predicted molar refractivity (Wildman–Crippen MR) is 74.9 cm³/mol. The maximum atomic E-state index is 11.1. The Morgan fingerprint density at radius 3 is 2.80 bits per heavy atom. The van der Waals surface area contributed by atoms with Gasteiger partial charge in [-0.05, 0) is 31.9 Å². The van der Waals surface area contributed by atoms with E-state index in [9.17, 15) is 4.79 Å². The molecule has 6 nitrogen and oxygen atoms in total. The lowest BCUT2D eigenvalue weighted by Crippen LogP contribution is -2.45. The lowest BCUT2D eigenvalue weighted by molar-refractivity contribution is -0.142. The van der Waals surface area contributed by atoms with Crippen molar-refractivity contribution in [2.45, 2.75) is 19.3 Å². The van der Waals surface area contributed by atoms with Crippen LogP contribution in [0.25, 0.3) is 0 Å². The first-order chi connectivity index (χ1) is 9.63. The molecule has 3 rings (SSSR count). The Labute approximate surface area is 118 Å². The normalized spacial score (nSPS) is 23.4. The number of carboxylic acids is 1. The van der Waals surface area contributed by atoms with E-state index in [0.717, 1.165) is 49.8 Å². The van der Waals surface area contributed by atoms with Gasteiger partial charge < -0.3 is 14.9 Å². The molecule has 1 N–H and O–H groups in total. The second kappa shape index (κ2) is 5.36. The molecule has 1 aliphatic heterocycles. The van der Waals surface area contributed by atoms with E-state index in [1.165, 1.54) is 0 Å². The van der Waals surface area contributed by atoms with Crippen LogP contribution in [0.4, 0.5) is 5.95 Å². The minimum atomic E-state index is -0.709. The van der Waals surface area contributed by atoms with Crippen LogP contribution in [0.15, 0.2) is 6.20 Å². The quantitative estimate of drug-likeness (QED) is 0.844. The molecule has 1 fully saturated rings. The molecule has 1 saturated heterocycles. The van der Waals surface area contributed by atoms with Crippen LogP contribution in [-0.4, -0.2) is 59.2 Å². The van der Waals surface area contributed by atoms with Gasteiger partial charge in [-0.2, -0.15) is 0 Å². The third-order valence-corrected chi connectivity index (χ3v) is 4.27. The average molecular weight is 276 g/mol. The summed E-state index contributed by atoms with van der Waals surface area (Å²) in [6, 6.07) is 0. The fourth-order valence-corrected chi connectivity index (χ4v) is 2.87. The standard InChI is InChI=1S/C14H20N4O2/c1-17-4-6-18(7-5-17)14-15-9-11-8-10(13(19)20)2-3-12(11)16-14/h9-10H,2-8H2,1H3,(H,19,20). The van der Waals surface area contributed by atoms with E-state index < -0.39 is 5.97 Å². The van der Waals surface area contributed by atoms with Crippen molar-refractivity contribution in [1.29, 1.82) is 0 Å². The second-order valence-corrected chi connectivity index (χ2v) is 5.71. The molecule has 0 aromatic carbocycles. The molecule has 0 saturated carbocycles. The van der Waals surface area contributed by atoms with Crippen LogP contribution < -0.4 is 4.90 Å². The van der Waals surface area contributed by atoms with Crippen molar-refractivity contribution >= 4 is 11.9 Å². The Hall–Kier alpha value is -1.69. The van der Waals surface area contributed by atoms with Crippen molar-refractivity contribution in [1.82, 2.24) is 14.9 Å². The number of carbonyl (C=O) groups is 1. The van der Waals surface area contributed by atoms with Crippen molar-refractivity contribution < 1.29 is 9.90 Å². The number of hydrogen-bond acceptors (Lipinski definition) is 5. The van der Waals surface area contributed by atoms with Crippen molar-refractivity contribution in [2.24, 2.45) is 5.92 Å². The number of piperazine rings is 1. The Bertz CT molecular complexity index is 512. The van der Waals surface area contributed by atoms with Crippen molar-refractivity contribution in [3.63, 3.8) is 0 Å². The molecule has 1 aromatic heterocycles. The zero-order valence-electron chi connectivity index (χ0n) is 11.7. The fourth-order valence-electron chi connectivity index (χ4n) is 2.87. The number of aromatic nitrogens is 2. The Morgan fingerprint density at radius 2 is 2.10 bits per heavy atom. The van der Waals surface area contributed by atoms with Gasteiger partial charge in [-0.1, -0.05) is 0 Å². The second-order valence-electron chi connectivity index (χ2n) is 5.71. The number of hydrogen-bond donors (Lipinski definition) is 1. The lowest BCUT2D eigenvalue weighted by atomic mass is 9.87. The first kappa shape index (κ1) is 13.3. The molecule has 0 spiro atoms.